The molecule has 0 radical (unpaired) electrons. The van der Waals surface area contributed by atoms with Crippen LogP contribution in [-0.2, 0) is 38.1 Å². The Bertz CT molecular complexity index is 846. The average molecular weight is 420 g/mol. The number of rotatable bonds is 3. The molecule has 0 aromatic heterocycles. The van der Waals surface area contributed by atoms with E-state index in [0.29, 0.717) is 12.8 Å². The van der Waals surface area contributed by atoms with Crippen molar-refractivity contribution in [2.75, 3.05) is 0 Å². The summed E-state index contributed by atoms with van der Waals surface area (Å²) in [5.41, 5.74) is -0.554. The molecular formula is C22H28O8. The van der Waals surface area contributed by atoms with E-state index >= 15 is 0 Å². The Balaban J connectivity index is 1.67. The van der Waals surface area contributed by atoms with Gasteiger partial charge in [-0.05, 0) is 39.3 Å². The second kappa shape index (κ2) is 6.92. The normalized spacial score (nSPS) is 46.5. The van der Waals surface area contributed by atoms with E-state index in [0.717, 1.165) is 5.57 Å². The predicted molar refractivity (Wildman–Crippen MR) is 103 cm³/mol. The molecule has 0 aromatic rings. The molecule has 0 N–H and O–H groups in total. The van der Waals surface area contributed by atoms with Crippen molar-refractivity contribution in [1.29, 1.82) is 0 Å². The van der Waals surface area contributed by atoms with E-state index in [2.05, 4.69) is 6.58 Å². The summed E-state index contributed by atoms with van der Waals surface area (Å²) in [6.45, 7) is 12.5. The smallest absolute Gasteiger partial charge is 0.341 e. The molecule has 8 atom stereocenters. The van der Waals surface area contributed by atoms with Crippen LogP contribution in [0.25, 0.3) is 0 Å². The lowest BCUT2D eigenvalue weighted by atomic mass is 9.82. The number of carbonyl (C=O) groups is 3. The zero-order chi connectivity index (χ0) is 22.0. The van der Waals surface area contributed by atoms with E-state index in [-0.39, 0.29) is 17.8 Å². The molecule has 0 saturated carbocycles. The Morgan fingerprint density at radius 2 is 1.90 bits per heavy atom. The molecule has 1 aliphatic carbocycles. The highest BCUT2D eigenvalue weighted by atomic mass is 16.7. The van der Waals surface area contributed by atoms with Crippen LogP contribution in [0.3, 0.4) is 0 Å². The van der Waals surface area contributed by atoms with Gasteiger partial charge >= 0.3 is 17.9 Å². The van der Waals surface area contributed by atoms with Crippen LogP contribution in [0.5, 0.6) is 0 Å². The van der Waals surface area contributed by atoms with Gasteiger partial charge in [-0.15, -0.1) is 0 Å². The number of epoxide rings is 2. The third-order valence-corrected chi connectivity index (χ3v) is 6.78. The van der Waals surface area contributed by atoms with Crippen LogP contribution >= 0.6 is 0 Å². The molecule has 3 fully saturated rings. The summed E-state index contributed by atoms with van der Waals surface area (Å²) in [6, 6.07) is 0. The standard InChI is InChI=1S/C22H28O8/c1-10-7-15-18(11(2)19(24)27-15)16(28-20(25)22(6)12(3)29-22)9-21(5)17(30-21)8-14(10)26-13(4)23/h7,12,14-18H,2,8-9H2,1,3-6H3/b10-7+/t12-,14-,15+,16+,17+,18-,21+,22-/m0/s1. The van der Waals surface area contributed by atoms with E-state index in [1.165, 1.54) is 6.92 Å². The van der Waals surface area contributed by atoms with Gasteiger partial charge in [0.15, 0.2) is 5.60 Å². The quantitative estimate of drug-likeness (QED) is 0.225. The van der Waals surface area contributed by atoms with Gasteiger partial charge in [0, 0.05) is 25.3 Å². The fraction of sp³-hybridized carbons (Fsp3) is 0.682. The van der Waals surface area contributed by atoms with Gasteiger partial charge < -0.3 is 23.7 Å². The lowest BCUT2D eigenvalue weighted by Crippen LogP contribution is -2.40. The van der Waals surface area contributed by atoms with Crippen molar-refractivity contribution in [3.63, 3.8) is 0 Å². The minimum absolute atomic E-state index is 0.166. The zero-order valence-corrected chi connectivity index (χ0v) is 17.9. The van der Waals surface area contributed by atoms with Crippen molar-refractivity contribution in [3.05, 3.63) is 23.8 Å². The van der Waals surface area contributed by atoms with Crippen molar-refractivity contribution in [3.8, 4) is 0 Å². The van der Waals surface area contributed by atoms with Gasteiger partial charge in [0.25, 0.3) is 0 Å². The summed E-state index contributed by atoms with van der Waals surface area (Å²) in [7, 11) is 0. The Morgan fingerprint density at radius 3 is 2.50 bits per heavy atom. The topological polar surface area (TPSA) is 104 Å². The van der Waals surface area contributed by atoms with Crippen LogP contribution in [0.15, 0.2) is 23.8 Å². The first-order valence-electron chi connectivity index (χ1n) is 10.3. The van der Waals surface area contributed by atoms with Gasteiger partial charge in [0.05, 0.1) is 23.7 Å². The summed E-state index contributed by atoms with van der Waals surface area (Å²) in [5.74, 6) is -1.96. The molecule has 4 rings (SSSR count). The van der Waals surface area contributed by atoms with Gasteiger partial charge in [0.2, 0.25) is 0 Å². The Morgan fingerprint density at radius 1 is 1.23 bits per heavy atom. The van der Waals surface area contributed by atoms with Crippen LogP contribution in [0, 0.1) is 5.92 Å². The first-order valence-corrected chi connectivity index (χ1v) is 10.3. The van der Waals surface area contributed by atoms with Gasteiger partial charge in [-0.1, -0.05) is 6.58 Å². The molecule has 3 saturated heterocycles. The monoisotopic (exact) mass is 420 g/mol. The Hall–Kier alpha value is -2.19. The number of carbonyl (C=O) groups excluding carboxylic acids is 3. The van der Waals surface area contributed by atoms with Crippen molar-refractivity contribution in [2.24, 2.45) is 5.92 Å². The van der Waals surface area contributed by atoms with E-state index in [4.69, 9.17) is 23.7 Å². The third-order valence-electron chi connectivity index (χ3n) is 6.78. The molecule has 4 aliphatic rings. The zero-order valence-electron chi connectivity index (χ0n) is 17.9. The van der Waals surface area contributed by atoms with Crippen LogP contribution in [0.4, 0.5) is 0 Å². The lowest BCUT2D eigenvalue weighted by molar-refractivity contribution is -0.159. The first-order chi connectivity index (χ1) is 13.9. The maximum Gasteiger partial charge on any atom is 0.341 e. The van der Waals surface area contributed by atoms with E-state index in [9.17, 15) is 14.4 Å². The highest BCUT2D eigenvalue weighted by Gasteiger charge is 2.61. The summed E-state index contributed by atoms with van der Waals surface area (Å²) < 4.78 is 28.3. The highest BCUT2D eigenvalue weighted by molar-refractivity contribution is 5.91. The lowest BCUT2D eigenvalue weighted by Gasteiger charge is -2.30. The summed E-state index contributed by atoms with van der Waals surface area (Å²) in [4.78, 5) is 36.7. The summed E-state index contributed by atoms with van der Waals surface area (Å²) in [5, 5.41) is 0. The van der Waals surface area contributed by atoms with Gasteiger partial charge in [-0.3, -0.25) is 4.79 Å². The van der Waals surface area contributed by atoms with Crippen molar-refractivity contribution < 1.29 is 38.1 Å². The van der Waals surface area contributed by atoms with Gasteiger partial charge in [-0.2, -0.15) is 0 Å². The van der Waals surface area contributed by atoms with Crippen LogP contribution in [0.1, 0.15) is 47.5 Å². The van der Waals surface area contributed by atoms with Crippen molar-refractivity contribution in [2.45, 2.75) is 89.2 Å². The second-order valence-electron chi connectivity index (χ2n) is 9.10. The minimum Gasteiger partial charge on any atom is -0.459 e. The fourth-order valence-corrected chi connectivity index (χ4v) is 4.48. The van der Waals surface area contributed by atoms with Crippen LogP contribution in [-0.4, -0.2) is 59.6 Å². The highest BCUT2D eigenvalue weighted by Crippen LogP contribution is 2.49. The molecule has 8 nitrogen and oxygen atoms in total. The summed E-state index contributed by atoms with van der Waals surface area (Å²) in [6.07, 6.45) is 0.384. The second-order valence-corrected chi connectivity index (χ2v) is 9.10. The average Bonchev–Trinajstić information content (AvgIpc) is 3.43. The maximum atomic E-state index is 12.8. The number of fused-ring (bicyclic) bond motifs is 2. The molecule has 0 spiro atoms. The van der Waals surface area contributed by atoms with Crippen LogP contribution in [0.2, 0.25) is 0 Å². The summed E-state index contributed by atoms with van der Waals surface area (Å²) >= 11 is 0. The van der Waals surface area contributed by atoms with Crippen LogP contribution < -0.4 is 0 Å². The maximum absolute atomic E-state index is 12.8. The molecular weight excluding hydrogens is 392 g/mol. The van der Waals surface area contributed by atoms with E-state index in [1.807, 2.05) is 13.8 Å². The number of hydrogen-bond acceptors (Lipinski definition) is 8. The first kappa shape index (κ1) is 21.1. The molecule has 3 heterocycles. The largest absolute Gasteiger partial charge is 0.459 e. The number of esters is 3. The molecule has 8 heteroatoms. The van der Waals surface area contributed by atoms with E-state index < -0.39 is 53.3 Å². The molecule has 0 amide bonds. The molecule has 30 heavy (non-hydrogen) atoms. The van der Waals surface area contributed by atoms with Gasteiger partial charge in [0.1, 0.15) is 18.3 Å². The Labute approximate surface area is 175 Å². The molecule has 3 aliphatic heterocycles. The van der Waals surface area contributed by atoms with E-state index in [1.54, 1.807) is 19.9 Å². The van der Waals surface area contributed by atoms with Gasteiger partial charge in [-0.25, -0.2) is 9.59 Å². The molecule has 164 valence electrons. The number of hydrogen-bond donors (Lipinski definition) is 0. The molecule has 0 bridgehead atoms. The SMILES string of the molecule is C=C1C(=O)O[C@@H]2/C=C(\C)[C@@H](OC(C)=O)C[C@H]3O[C@]3(C)C[C@@H](OC(=O)[C@@]3(C)O[C@H]3C)[C@@H]12. The number of ether oxygens (including phenoxy) is 5. The minimum atomic E-state index is -0.980. The third kappa shape index (κ3) is 3.56. The molecule has 0 unspecified atom stereocenters. The molecule has 0 aromatic carbocycles. The Kier molecular flexibility index (Phi) is 4.86. The van der Waals surface area contributed by atoms with Crippen molar-refractivity contribution in [1.82, 2.24) is 0 Å². The fourth-order valence-electron chi connectivity index (χ4n) is 4.48. The predicted octanol–water partition coefficient (Wildman–Crippen LogP) is 2.00. The van der Waals surface area contributed by atoms with Crippen molar-refractivity contribution >= 4 is 17.9 Å².